The molecule has 2 atom stereocenters. The fourth-order valence-corrected chi connectivity index (χ4v) is 3.37. The fraction of sp³-hybridized carbons (Fsp3) is 0.353. The summed E-state index contributed by atoms with van der Waals surface area (Å²) in [5.74, 6) is 0.113. The molecule has 1 heterocycles. The topological polar surface area (TPSA) is 91.8 Å². The third kappa shape index (κ3) is 3.22. The number of fused-ring (bicyclic) bond motifs is 1. The van der Waals surface area contributed by atoms with Crippen LogP contribution in [0.15, 0.2) is 24.3 Å². The van der Waals surface area contributed by atoms with Crippen molar-refractivity contribution in [2.24, 2.45) is 11.7 Å². The molecule has 23 heavy (non-hydrogen) atoms. The number of hydrogen-bond acceptors (Lipinski definition) is 4. The summed E-state index contributed by atoms with van der Waals surface area (Å²) in [5, 5.41) is 14.0. The van der Waals surface area contributed by atoms with E-state index in [2.05, 4.69) is 16.4 Å². The van der Waals surface area contributed by atoms with Crippen LogP contribution in [0.25, 0.3) is 10.9 Å². The summed E-state index contributed by atoms with van der Waals surface area (Å²) < 4.78 is 0. The molecule has 1 saturated carbocycles. The molecule has 1 aliphatic rings. The van der Waals surface area contributed by atoms with Crippen molar-refractivity contribution in [1.82, 2.24) is 4.98 Å². The van der Waals surface area contributed by atoms with Crippen molar-refractivity contribution in [3.05, 3.63) is 34.9 Å². The third-order valence-electron chi connectivity index (χ3n) is 4.36. The molecule has 2 unspecified atom stereocenters. The first-order chi connectivity index (χ1) is 11.1. The molecule has 5 nitrogen and oxygen atoms in total. The van der Waals surface area contributed by atoms with E-state index in [4.69, 9.17) is 17.3 Å². The van der Waals surface area contributed by atoms with Gasteiger partial charge in [-0.1, -0.05) is 24.4 Å². The van der Waals surface area contributed by atoms with E-state index in [0.717, 1.165) is 31.1 Å². The molecule has 0 spiro atoms. The molecular formula is C17H17ClN4O. The van der Waals surface area contributed by atoms with Gasteiger partial charge in [0.1, 0.15) is 5.82 Å². The van der Waals surface area contributed by atoms with Gasteiger partial charge in [0.25, 0.3) is 0 Å². The van der Waals surface area contributed by atoms with E-state index in [-0.39, 0.29) is 17.9 Å². The summed E-state index contributed by atoms with van der Waals surface area (Å²) in [6.07, 6.45) is 3.73. The first-order valence-corrected chi connectivity index (χ1v) is 8.02. The Bertz CT molecular complexity index is 799. The van der Waals surface area contributed by atoms with Gasteiger partial charge < -0.3 is 11.1 Å². The molecule has 6 heteroatoms. The molecule has 3 rings (SSSR count). The number of nitriles is 1. The van der Waals surface area contributed by atoms with E-state index in [0.29, 0.717) is 21.9 Å². The number of rotatable bonds is 3. The lowest BCUT2D eigenvalue weighted by Crippen LogP contribution is -2.40. The molecule has 1 aromatic carbocycles. The standard InChI is InChI=1S/C17H17ClN4O/c18-11-5-6-15-13(8-11)10(9-19)7-16(22-15)21-14-4-2-1-3-12(14)17(20)23/h5-8,12,14H,1-4H2,(H2,20,23)(H,21,22). The Kier molecular flexibility index (Phi) is 4.35. The van der Waals surface area contributed by atoms with Crippen LogP contribution >= 0.6 is 11.6 Å². The van der Waals surface area contributed by atoms with Crippen LogP contribution in [0.3, 0.4) is 0 Å². The van der Waals surface area contributed by atoms with Gasteiger partial charge in [0.15, 0.2) is 0 Å². The second kappa shape index (κ2) is 6.43. The van der Waals surface area contributed by atoms with Crippen molar-refractivity contribution < 1.29 is 4.79 Å². The molecule has 118 valence electrons. The first kappa shape index (κ1) is 15.6. The highest BCUT2D eigenvalue weighted by Gasteiger charge is 2.29. The summed E-state index contributed by atoms with van der Waals surface area (Å²) in [4.78, 5) is 16.2. The maximum absolute atomic E-state index is 11.6. The number of anilines is 1. The van der Waals surface area contributed by atoms with E-state index in [1.54, 1.807) is 24.3 Å². The van der Waals surface area contributed by atoms with Crippen molar-refractivity contribution in [3.63, 3.8) is 0 Å². The molecular weight excluding hydrogens is 312 g/mol. The molecule has 1 aromatic heterocycles. The van der Waals surface area contributed by atoms with Gasteiger partial charge in [-0.3, -0.25) is 4.79 Å². The zero-order chi connectivity index (χ0) is 16.4. The summed E-state index contributed by atoms with van der Waals surface area (Å²) in [6, 6.07) is 9.11. The Hall–Kier alpha value is -2.32. The molecule has 0 radical (unpaired) electrons. The number of aromatic nitrogens is 1. The van der Waals surface area contributed by atoms with Crippen LogP contribution in [0.1, 0.15) is 31.2 Å². The number of hydrogen-bond donors (Lipinski definition) is 2. The number of benzene rings is 1. The third-order valence-corrected chi connectivity index (χ3v) is 4.59. The lowest BCUT2D eigenvalue weighted by molar-refractivity contribution is -0.122. The maximum Gasteiger partial charge on any atom is 0.222 e. The molecule has 0 bridgehead atoms. The average molecular weight is 329 g/mol. The first-order valence-electron chi connectivity index (χ1n) is 7.65. The summed E-state index contributed by atoms with van der Waals surface area (Å²) >= 11 is 5.99. The number of carbonyl (C=O) groups excluding carboxylic acids is 1. The van der Waals surface area contributed by atoms with E-state index in [1.807, 2.05) is 0 Å². The van der Waals surface area contributed by atoms with Crippen LogP contribution in [0.2, 0.25) is 5.02 Å². The van der Waals surface area contributed by atoms with Gasteiger partial charge in [-0.25, -0.2) is 4.98 Å². The van der Waals surface area contributed by atoms with Gasteiger partial charge in [-0.2, -0.15) is 5.26 Å². The highest BCUT2D eigenvalue weighted by molar-refractivity contribution is 6.31. The molecule has 1 amide bonds. The number of carbonyl (C=O) groups is 1. The van der Waals surface area contributed by atoms with Crippen LogP contribution in [-0.2, 0) is 4.79 Å². The van der Waals surface area contributed by atoms with Gasteiger partial charge in [0.2, 0.25) is 5.91 Å². The predicted octanol–water partition coefficient (Wildman–Crippen LogP) is 3.22. The smallest absolute Gasteiger partial charge is 0.222 e. The van der Waals surface area contributed by atoms with Gasteiger partial charge in [-0.15, -0.1) is 0 Å². The van der Waals surface area contributed by atoms with Gasteiger partial charge in [0.05, 0.1) is 23.1 Å². The summed E-state index contributed by atoms with van der Waals surface area (Å²) in [5.41, 5.74) is 6.71. The monoisotopic (exact) mass is 328 g/mol. The average Bonchev–Trinajstić information content (AvgIpc) is 2.54. The highest BCUT2D eigenvalue weighted by Crippen LogP contribution is 2.29. The zero-order valence-corrected chi connectivity index (χ0v) is 13.3. The number of nitrogens with one attached hydrogen (secondary N) is 1. The molecule has 1 fully saturated rings. The summed E-state index contributed by atoms with van der Waals surface area (Å²) in [6.45, 7) is 0. The molecule has 0 aliphatic heterocycles. The van der Waals surface area contributed by atoms with E-state index >= 15 is 0 Å². The van der Waals surface area contributed by atoms with Crippen LogP contribution in [-0.4, -0.2) is 16.9 Å². The highest BCUT2D eigenvalue weighted by atomic mass is 35.5. The number of pyridine rings is 1. The molecule has 1 aliphatic carbocycles. The van der Waals surface area contributed by atoms with Crippen molar-refractivity contribution >= 4 is 34.2 Å². The second-order valence-electron chi connectivity index (χ2n) is 5.87. The van der Waals surface area contributed by atoms with E-state index in [9.17, 15) is 10.1 Å². The minimum atomic E-state index is -0.282. The lowest BCUT2D eigenvalue weighted by atomic mass is 9.84. The molecule has 2 aromatic rings. The molecule has 3 N–H and O–H groups in total. The van der Waals surface area contributed by atoms with Gasteiger partial charge >= 0.3 is 0 Å². The summed E-state index contributed by atoms with van der Waals surface area (Å²) in [7, 11) is 0. The largest absolute Gasteiger partial charge is 0.369 e. The van der Waals surface area contributed by atoms with Crippen LogP contribution in [0.4, 0.5) is 5.82 Å². The Balaban J connectivity index is 1.95. The maximum atomic E-state index is 11.6. The van der Waals surface area contributed by atoms with Gasteiger partial charge in [-0.05, 0) is 37.1 Å². The lowest BCUT2D eigenvalue weighted by Gasteiger charge is -2.30. The Labute approximate surface area is 139 Å². The van der Waals surface area contributed by atoms with Crippen molar-refractivity contribution in [3.8, 4) is 6.07 Å². The predicted molar refractivity (Wildman–Crippen MR) is 90.0 cm³/mol. The van der Waals surface area contributed by atoms with Crippen LogP contribution in [0.5, 0.6) is 0 Å². The minimum Gasteiger partial charge on any atom is -0.369 e. The quantitative estimate of drug-likeness (QED) is 0.904. The minimum absolute atomic E-state index is 0.0370. The van der Waals surface area contributed by atoms with Crippen molar-refractivity contribution in [2.75, 3.05) is 5.32 Å². The number of nitrogens with zero attached hydrogens (tertiary/aromatic N) is 2. The van der Waals surface area contributed by atoms with E-state index in [1.165, 1.54) is 0 Å². The van der Waals surface area contributed by atoms with Crippen molar-refractivity contribution in [1.29, 1.82) is 5.26 Å². The number of primary amides is 1. The van der Waals surface area contributed by atoms with Gasteiger partial charge in [0, 0.05) is 16.5 Å². The Morgan fingerprint density at radius 1 is 1.35 bits per heavy atom. The molecule has 0 saturated heterocycles. The van der Waals surface area contributed by atoms with Crippen LogP contribution < -0.4 is 11.1 Å². The number of nitrogens with two attached hydrogens (primary N) is 1. The Morgan fingerprint density at radius 3 is 2.87 bits per heavy atom. The second-order valence-corrected chi connectivity index (χ2v) is 6.31. The van der Waals surface area contributed by atoms with E-state index < -0.39 is 0 Å². The fourth-order valence-electron chi connectivity index (χ4n) is 3.20. The number of halogens is 1. The Morgan fingerprint density at radius 2 is 2.13 bits per heavy atom. The van der Waals surface area contributed by atoms with Crippen LogP contribution in [0, 0.1) is 17.2 Å². The zero-order valence-electron chi connectivity index (χ0n) is 12.6. The van der Waals surface area contributed by atoms with Crippen molar-refractivity contribution in [2.45, 2.75) is 31.7 Å². The SMILES string of the molecule is N#Cc1cc(NC2CCCCC2C(N)=O)nc2ccc(Cl)cc12. The number of amides is 1. The normalized spacial score (nSPS) is 20.9.